The number of halogens is 3. The normalized spacial score (nSPS) is 11.3. The number of rotatable bonds is 4. The lowest BCUT2D eigenvalue weighted by atomic mass is 10.1. The quantitative estimate of drug-likeness (QED) is 0.513. The number of benzene rings is 2. The van der Waals surface area contributed by atoms with E-state index in [2.05, 4.69) is 15.6 Å². The molecule has 0 radical (unpaired) electrons. The van der Waals surface area contributed by atoms with Gasteiger partial charge in [-0.15, -0.1) is 0 Å². The molecule has 3 rings (SSSR count). The summed E-state index contributed by atoms with van der Waals surface area (Å²) in [6.07, 6.45) is -3.27. The Morgan fingerprint density at radius 3 is 2.55 bits per heavy atom. The van der Waals surface area contributed by atoms with Gasteiger partial charge in [-0.3, -0.25) is 9.59 Å². The molecule has 0 aliphatic heterocycles. The number of carbonyl (C=O) groups is 1. The zero-order chi connectivity index (χ0) is 22.6. The predicted molar refractivity (Wildman–Crippen MR) is 106 cm³/mol. The lowest BCUT2D eigenvalue weighted by Crippen LogP contribution is -2.31. The van der Waals surface area contributed by atoms with Crippen molar-refractivity contribution in [1.29, 1.82) is 5.26 Å². The van der Waals surface area contributed by atoms with Crippen LogP contribution in [0, 0.1) is 18.3 Å². The molecule has 31 heavy (non-hydrogen) atoms. The van der Waals surface area contributed by atoms with E-state index in [4.69, 9.17) is 0 Å². The first-order valence-electron chi connectivity index (χ1n) is 8.82. The summed E-state index contributed by atoms with van der Waals surface area (Å²) in [5, 5.41) is 17.1. The van der Waals surface area contributed by atoms with Crippen LogP contribution in [0.5, 0.6) is 0 Å². The van der Waals surface area contributed by atoms with E-state index >= 15 is 0 Å². The van der Waals surface area contributed by atoms with Gasteiger partial charge < -0.3 is 0 Å². The fourth-order valence-electron chi connectivity index (χ4n) is 2.70. The Morgan fingerprint density at radius 1 is 1.19 bits per heavy atom. The van der Waals surface area contributed by atoms with Crippen molar-refractivity contribution in [3.8, 4) is 11.8 Å². The van der Waals surface area contributed by atoms with E-state index in [1.165, 1.54) is 19.2 Å². The Labute approximate surface area is 174 Å². The van der Waals surface area contributed by atoms with Crippen molar-refractivity contribution < 1.29 is 18.0 Å². The second-order valence-corrected chi connectivity index (χ2v) is 6.34. The van der Waals surface area contributed by atoms with Crippen LogP contribution < -0.4 is 11.0 Å². The second-order valence-electron chi connectivity index (χ2n) is 6.34. The van der Waals surface area contributed by atoms with Gasteiger partial charge in [0.25, 0.3) is 11.5 Å². The van der Waals surface area contributed by atoms with Crippen LogP contribution in [0.15, 0.2) is 64.5 Å². The summed E-state index contributed by atoms with van der Waals surface area (Å²) in [5.41, 5.74) is 0.0178. The number of hydrazone groups is 1. The molecule has 1 N–H and O–H groups in total. The van der Waals surface area contributed by atoms with Gasteiger partial charge in [-0.05, 0) is 30.7 Å². The van der Waals surface area contributed by atoms with Crippen molar-refractivity contribution in [2.45, 2.75) is 13.1 Å². The van der Waals surface area contributed by atoms with Gasteiger partial charge in [0.1, 0.15) is 11.6 Å². The van der Waals surface area contributed by atoms with Gasteiger partial charge in [-0.25, -0.2) is 5.43 Å². The zero-order valence-corrected chi connectivity index (χ0v) is 16.0. The summed E-state index contributed by atoms with van der Waals surface area (Å²) in [4.78, 5) is 25.1. The SMILES string of the molecule is Cc1c(C(=O)N/N=C/c2ccccc2)nn(-c2cccc(C(F)(F)F)c2)c(=O)c1C#N. The number of nitrogens with one attached hydrogen (secondary N) is 1. The fraction of sp³-hybridized carbons (Fsp3) is 0.0952. The van der Waals surface area contributed by atoms with Crippen LogP contribution in [0.25, 0.3) is 5.69 Å². The van der Waals surface area contributed by atoms with Gasteiger partial charge >= 0.3 is 6.18 Å². The minimum absolute atomic E-state index is 0.0110. The van der Waals surface area contributed by atoms with Crippen LogP contribution in [0.4, 0.5) is 13.2 Å². The van der Waals surface area contributed by atoms with E-state index in [-0.39, 0.29) is 16.9 Å². The van der Waals surface area contributed by atoms with Crippen LogP contribution in [0.3, 0.4) is 0 Å². The molecule has 1 heterocycles. The van der Waals surface area contributed by atoms with Crippen LogP contribution in [0.1, 0.15) is 32.7 Å². The first kappa shape index (κ1) is 21.4. The Morgan fingerprint density at radius 2 is 1.90 bits per heavy atom. The van der Waals surface area contributed by atoms with E-state index in [1.807, 2.05) is 6.07 Å². The molecule has 0 spiro atoms. The van der Waals surface area contributed by atoms with Crippen molar-refractivity contribution in [2.24, 2.45) is 5.10 Å². The number of nitriles is 1. The molecule has 0 saturated carbocycles. The van der Waals surface area contributed by atoms with Crippen molar-refractivity contribution in [1.82, 2.24) is 15.2 Å². The van der Waals surface area contributed by atoms with Crippen LogP contribution >= 0.6 is 0 Å². The molecule has 2 aromatic carbocycles. The fourth-order valence-corrected chi connectivity index (χ4v) is 2.70. The molecule has 0 fully saturated rings. The van der Waals surface area contributed by atoms with Crippen LogP contribution in [0.2, 0.25) is 0 Å². The molecule has 0 aliphatic rings. The Kier molecular flexibility index (Phi) is 5.97. The molecule has 156 valence electrons. The summed E-state index contributed by atoms with van der Waals surface area (Å²) in [6, 6.07) is 14.4. The average molecular weight is 425 g/mol. The largest absolute Gasteiger partial charge is 0.416 e. The summed E-state index contributed by atoms with van der Waals surface area (Å²) in [6.45, 7) is 1.35. The molecule has 10 heteroatoms. The van der Waals surface area contributed by atoms with Crippen molar-refractivity contribution in [3.05, 3.63) is 92.9 Å². The third-order valence-electron chi connectivity index (χ3n) is 4.26. The predicted octanol–water partition coefficient (Wildman–Crippen LogP) is 3.20. The number of aromatic nitrogens is 2. The lowest BCUT2D eigenvalue weighted by Gasteiger charge is -2.12. The van der Waals surface area contributed by atoms with Crippen molar-refractivity contribution >= 4 is 12.1 Å². The number of alkyl halides is 3. The van der Waals surface area contributed by atoms with Crippen LogP contribution in [-0.4, -0.2) is 21.9 Å². The molecular weight excluding hydrogens is 411 g/mol. The van der Waals surface area contributed by atoms with Crippen LogP contribution in [-0.2, 0) is 6.18 Å². The average Bonchev–Trinajstić information content (AvgIpc) is 2.74. The number of amides is 1. The zero-order valence-electron chi connectivity index (χ0n) is 16.0. The Balaban J connectivity index is 2.03. The molecule has 0 bridgehead atoms. The van der Waals surface area contributed by atoms with Gasteiger partial charge in [0.05, 0.1) is 17.5 Å². The summed E-state index contributed by atoms with van der Waals surface area (Å²) < 4.78 is 39.7. The molecule has 0 unspecified atom stereocenters. The first-order valence-corrected chi connectivity index (χ1v) is 8.82. The third kappa shape index (κ3) is 4.67. The molecule has 7 nitrogen and oxygen atoms in total. The monoisotopic (exact) mass is 425 g/mol. The smallest absolute Gasteiger partial charge is 0.266 e. The van der Waals surface area contributed by atoms with E-state index in [1.54, 1.807) is 30.3 Å². The molecule has 1 aromatic heterocycles. The van der Waals surface area contributed by atoms with Gasteiger partial charge in [0, 0.05) is 5.56 Å². The first-order chi connectivity index (χ1) is 14.7. The van der Waals surface area contributed by atoms with Gasteiger partial charge in [0.15, 0.2) is 5.69 Å². The Bertz CT molecular complexity index is 1260. The lowest BCUT2D eigenvalue weighted by molar-refractivity contribution is -0.137. The van der Waals surface area contributed by atoms with Gasteiger partial charge in [0.2, 0.25) is 0 Å². The van der Waals surface area contributed by atoms with Gasteiger partial charge in [-0.2, -0.15) is 33.3 Å². The highest BCUT2D eigenvalue weighted by Gasteiger charge is 2.31. The molecule has 0 aliphatic carbocycles. The summed E-state index contributed by atoms with van der Waals surface area (Å²) in [7, 11) is 0. The number of carbonyl (C=O) groups excluding carboxylic acids is 1. The molecule has 3 aromatic rings. The van der Waals surface area contributed by atoms with E-state index in [0.29, 0.717) is 16.3 Å². The molecule has 0 saturated heterocycles. The molecule has 0 atom stereocenters. The van der Waals surface area contributed by atoms with E-state index in [0.717, 1.165) is 12.1 Å². The number of hydrogen-bond donors (Lipinski definition) is 1. The highest BCUT2D eigenvalue weighted by Crippen LogP contribution is 2.30. The molecular formula is C21H14F3N5O2. The maximum atomic E-state index is 13.0. The maximum Gasteiger partial charge on any atom is 0.416 e. The maximum absolute atomic E-state index is 13.0. The van der Waals surface area contributed by atoms with Gasteiger partial charge in [-0.1, -0.05) is 36.4 Å². The highest BCUT2D eigenvalue weighted by atomic mass is 19.4. The highest BCUT2D eigenvalue weighted by molar-refractivity contribution is 5.94. The number of nitrogens with zero attached hydrogens (tertiary/aromatic N) is 4. The second kappa shape index (κ2) is 8.62. The standard InChI is InChI=1S/C21H14F3N5O2/c1-13-17(11-25)20(31)29(16-9-5-8-15(10-16)21(22,23)24)28-18(13)19(30)27-26-12-14-6-3-2-4-7-14/h2-10,12H,1H3,(H,27,30)/b26-12+. The minimum Gasteiger partial charge on any atom is -0.266 e. The summed E-state index contributed by atoms with van der Waals surface area (Å²) in [5.74, 6) is -0.832. The van der Waals surface area contributed by atoms with Crippen molar-refractivity contribution in [3.63, 3.8) is 0 Å². The number of hydrogen-bond acceptors (Lipinski definition) is 5. The Hall–Kier alpha value is -4.26. The molecule has 1 amide bonds. The minimum atomic E-state index is -4.64. The van der Waals surface area contributed by atoms with E-state index < -0.39 is 28.8 Å². The van der Waals surface area contributed by atoms with Crippen molar-refractivity contribution in [2.75, 3.05) is 0 Å². The topological polar surface area (TPSA) is 100 Å². The van der Waals surface area contributed by atoms with E-state index in [9.17, 15) is 28.0 Å². The summed E-state index contributed by atoms with van der Waals surface area (Å²) >= 11 is 0. The third-order valence-corrected chi connectivity index (χ3v) is 4.26.